The van der Waals surface area contributed by atoms with E-state index in [-0.39, 0.29) is 31.2 Å². The molecule has 0 aliphatic carbocycles. The summed E-state index contributed by atoms with van der Waals surface area (Å²) in [5.41, 5.74) is 13.1. The summed E-state index contributed by atoms with van der Waals surface area (Å²) in [4.78, 5) is 17.0. The third-order valence-electron chi connectivity index (χ3n) is 4.78. The van der Waals surface area contributed by atoms with Gasteiger partial charge in [-0.3, -0.25) is 26.4 Å². The molecule has 3 heterocycles. The standard InChI is InChI=1S/C15H26FN9O/c1-19-10(6-22-18)9-2-3-20-5-11(9)23-15(26)12-13(17)24-25-7-8(16)4-21-14(12)25/h2-3,5,8,10,12-14,19,21-22,24H,4,6-7,17-18H2,1H3,(H,23,26). The summed E-state index contributed by atoms with van der Waals surface area (Å²) in [5, 5.41) is 10.7. The van der Waals surface area contributed by atoms with Crippen molar-refractivity contribution in [3.8, 4) is 0 Å². The van der Waals surface area contributed by atoms with Gasteiger partial charge in [0, 0.05) is 31.9 Å². The van der Waals surface area contributed by atoms with Crippen LogP contribution in [0.4, 0.5) is 10.1 Å². The second-order valence-electron chi connectivity index (χ2n) is 6.49. The predicted octanol–water partition coefficient (Wildman–Crippen LogP) is -2.27. The molecule has 9 N–H and O–H groups in total. The number of rotatable bonds is 6. The molecule has 10 nitrogen and oxygen atoms in total. The first kappa shape index (κ1) is 19.0. The smallest absolute Gasteiger partial charge is 0.233 e. The molecular weight excluding hydrogens is 341 g/mol. The van der Waals surface area contributed by atoms with Crippen LogP contribution in [0.5, 0.6) is 0 Å². The molecule has 0 bridgehead atoms. The summed E-state index contributed by atoms with van der Waals surface area (Å²) in [6, 6.07) is 1.71. The Morgan fingerprint density at radius 2 is 2.38 bits per heavy atom. The Morgan fingerprint density at radius 1 is 1.58 bits per heavy atom. The zero-order chi connectivity index (χ0) is 18.7. The molecule has 0 spiro atoms. The van der Waals surface area contributed by atoms with Crippen LogP contribution in [0.25, 0.3) is 0 Å². The van der Waals surface area contributed by atoms with Crippen LogP contribution in [0.1, 0.15) is 11.6 Å². The van der Waals surface area contributed by atoms with Crippen molar-refractivity contribution in [2.45, 2.75) is 24.5 Å². The van der Waals surface area contributed by atoms with Gasteiger partial charge in [-0.1, -0.05) is 0 Å². The Morgan fingerprint density at radius 3 is 3.12 bits per heavy atom. The number of nitrogens with one attached hydrogen (secondary N) is 5. The highest BCUT2D eigenvalue weighted by atomic mass is 19.1. The molecule has 1 aromatic heterocycles. The number of halogens is 1. The minimum Gasteiger partial charge on any atom is -0.324 e. The van der Waals surface area contributed by atoms with Crippen LogP contribution < -0.4 is 38.4 Å². The minimum atomic E-state index is -1.00. The van der Waals surface area contributed by atoms with Gasteiger partial charge < -0.3 is 16.4 Å². The predicted molar refractivity (Wildman–Crippen MR) is 94.9 cm³/mol. The maximum atomic E-state index is 13.6. The quantitative estimate of drug-likeness (QED) is 0.219. The molecule has 0 radical (unpaired) electrons. The van der Waals surface area contributed by atoms with Crippen LogP contribution >= 0.6 is 0 Å². The van der Waals surface area contributed by atoms with Gasteiger partial charge in [-0.25, -0.2) is 14.8 Å². The molecule has 0 aromatic carbocycles. The fraction of sp³-hybridized carbons (Fsp3) is 0.600. The van der Waals surface area contributed by atoms with Crippen molar-refractivity contribution in [2.75, 3.05) is 32.0 Å². The van der Waals surface area contributed by atoms with E-state index in [2.05, 4.69) is 31.8 Å². The van der Waals surface area contributed by atoms with Gasteiger partial charge in [0.15, 0.2) is 0 Å². The summed E-state index contributed by atoms with van der Waals surface area (Å²) in [5.74, 6) is 4.60. The van der Waals surface area contributed by atoms with Gasteiger partial charge in [0.1, 0.15) is 6.17 Å². The van der Waals surface area contributed by atoms with Gasteiger partial charge in [-0.05, 0) is 18.7 Å². The van der Waals surface area contributed by atoms with Crippen molar-refractivity contribution in [3.05, 3.63) is 24.0 Å². The number of pyridine rings is 1. The van der Waals surface area contributed by atoms with Gasteiger partial charge in [-0.15, -0.1) is 0 Å². The largest absolute Gasteiger partial charge is 0.324 e. The van der Waals surface area contributed by atoms with Crippen molar-refractivity contribution in [2.24, 2.45) is 17.5 Å². The van der Waals surface area contributed by atoms with E-state index in [1.54, 1.807) is 17.4 Å². The Balaban J connectivity index is 1.76. The van der Waals surface area contributed by atoms with Crippen LogP contribution in [-0.2, 0) is 4.79 Å². The maximum Gasteiger partial charge on any atom is 0.233 e. The number of nitrogens with two attached hydrogens (primary N) is 2. The Kier molecular flexibility index (Phi) is 6.09. The van der Waals surface area contributed by atoms with Crippen LogP contribution in [0, 0.1) is 5.92 Å². The first-order valence-electron chi connectivity index (χ1n) is 8.56. The van der Waals surface area contributed by atoms with E-state index in [1.165, 1.54) is 0 Å². The molecule has 3 rings (SSSR count). The molecule has 5 atom stereocenters. The monoisotopic (exact) mass is 367 g/mol. The first-order chi connectivity index (χ1) is 12.5. The van der Waals surface area contributed by atoms with E-state index in [0.29, 0.717) is 12.2 Å². The summed E-state index contributed by atoms with van der Waals surface area (Å²) in [7, 11) is 1.81. The number of carbonyl (C=O) groups excluding carboxylic acids is 1. The SMILES string of the molecule is CNC(CNN)c1ccncc1NC(=O)C1C(N)NN2CC(F)CNC12. The highest BCUT2D eigenvalue weighted by Gasteiger charge is 2.47. The van der Waals surface area contributed by atoms with Crippen LogP contribution in [0.3, 0.4) is 0 Å². The van der Waals surface area contributed by atoms with E-state index >= 15 is 0 Å². The van der Waals surface area contributed by atoms with E-state index in [4.69, 9.17) is 11.6 Å². The van der Waals surface area contributed by atoms with Crippen molar-refractivity contribution in [1.29, 1.82) is 0 Å². The molecule has 5 unspecified atom stereocenters. The van der Waals surface area contributed by atoms with Crippen molar-refractivity contribution in [1.82, 2.24) is 31.5 Å². The Labute approximate surface area is 151 Å². The average Bonchev–Trinajstić information content (AvgIpc) is 2.95. The Hall–Kier alpha value is -1.73. The second-order valence-corrected chi connectivity index (χ2v) is 6.49. The fourth-order valence-corrected chi connectivity index (χ4v) is 3.49. The number of carbonyl (C=O) groups is 1. The number of fused-ring (bicyclic) bond motifs is 1. The van der Waals surface area contributed by atoms with Crippen molar-refractivity contribution < 1.29 is 9.18 Å². The third kappa shape index (κ3) is 3.83. The zero-order valence-electron chi connectivity index (χ0n) is 14.6. The molecule has 2 aliphatic heterocycles. The number of hydrogen-bond acceptors (Lipinski definition) is 9. The minimum absolute atomic E-state index is 0.106. The van der Waals surface area contributed by atoms with Crippen LogP contribution in [-0.4, -0.2) is 61.1 Å². The van der Waals surface area contributed by atoms with E-state index in [0.717, 1.165) is 5.56 Å². The molecule has 2 aliphatic rings. The van der Waals surface area contributed by atoms with Crippen LogP contribution in [0.15, 0.2) is 18.5 Å². The topological polar surface area (TPSA) is 145 Å². The molecule has 2 saturated heterocycles. The summed E-state index contributed by atoms with van der Waals surface area (Å²) < 4.78 is 13.6. The zero-order valence-corrected chi connectivity index (χ0v) is 14.6. The molecule has 2 fully saturated rings. The number of alkyl halides is 1. The summed E-state index contributed by atoms with van der Waals surface area (Å²) >= 11 is 0. The molecule has 0 saturated carbocycles. The van der Waals surface area contributed by atoms with Gasteiger partial charge in [0.2, 0.25) is 5.91 Å². The number of hydrazine groups is 2. The number of nitrogens with zero attached hydrogens (tertiary/aromatic N) is 2. The fourth-order valence-electron chi connectivity index (χ4n) is 3.49. The number of amides is 1. The van der Waals surface area contributed by atoms with Gasteiger partial charge >= 0.3 is 0 Å². The van der Waals surface area contributed by atoms with Crippen LogP contribution in [0.2, 0.25) is 0 Å². The summed E-state index contributed by atoms with van der Waals surface area (Å²) in [6.07, 6.45) is 1.27. The number of likely N-dealkylation sites (N-methyl/N-ethyl adjacent to an activating group) is 1. The van der Waals surface area contributed by atoms with E-state index in [9.17, 15) is 9.18 Å². The molecule has 144 valence electrons. The average molecular weight is 367 g/mol. The highest BCUT2D eigenvalue weighted by Crippen LogP contribution is 2.26. The first-order valence-corrected chi connectivity index (χ1v) is 8.56. The normalized spacial score (nSPS) is 30.0. The third-order valence-corrected chi connectivity index (χ3v) is 4.78. The lowest BCUT2D eigenvalue weighted by atomic mass is 10.0. The second kappa shape index (κ2) is 8.31. The Bertz CT molecular complexity index is 633. The van der Waals surface area contributed by atoms with Gasteiger partial charge in [0.05, 0.1) is 30.1 Å². The molecule has 1 amide bonds. The molecular formula is C15H26FN9O. The molecule has 11 heteroatoms. The van der Waals surface area contributed by atoms with Gasteiger partial charge in [-0.2, -0.15) is 0 Å². The lowest BCUT2D eigenvalue weighted by molar-refractivity contribution is -0.121. The number of hydrogen-bond donors (Lipinski definition) is 7. The number of anilines is 1. The summed E-state index contributed by atoms with van der Waals surface area (Å²) in [6.45, 7) is 0.864. The van der Waals surface area contributed by atoms with E-state index < -0.39 is 18.3 Å². The number of aromatic nitrogens is 1. The lowest BCUT2D eigenvalue weighted by Gasteiger charge is -2.33. The van der Waals surface area contributed by atoms with Crippen molar-refractivity contribution >= 4 is 11.6 Å². The van der Waals surface area contributed by atoms with E-state index in [1.807, 2.05) is 13.1 Å². The lowest BCUT2D eigenvalue weighted by Crippen LogP contribution is -2.58. The highest BCUT2D eigenvalue weighted by molar-refractivity contribution is 5.94. The van der Waals surface area contributed by atoms with Crippen molar-refractivity contribution in [3.63, 3.8) is 0 Å². The van der Waals surface area contributed by atoms with Gasteiger partial charge in [0.25, 0.3) is 0 Å². The molecule has 1 aromatic rings. The molecule has 26 heavy (non-hydrogen) atoms. The maximum absolute atomic E-state index is 13.6.